The van der Waals surface area contributed by atoms with Gasteiger partial charge in [-0.15, -0.1) is 11.3 Å². The van der Waals surface area contributed by atoms with Gasteiger partial charge in [0.2, 0.25) is 0 Å². The van der Waals surface area contributed by atoms with Gasteiger partial charge in [0.15, 0.2) is 0 Å². The lowest BCUT2D eigenvalue weighted by atomic mass is 10.2. The highest BCUT2D eigenvalue weighted by molar-refractivity contribution is 7.18. The molecule has 1 saturated heterocycles. The van der Waals surface area contributed by atoms with Crippen LogP contribution in [0.25, 0.3) is 0 Å². The predicted molar refractivity (Wildman–Crippen MR) is 74.4 cm³/mol. The topological polar surface area (TPSA) is 67.6 Å². The highest BCUT2D eigenvalue weighted by Crippen LogP contribution is 2.33. The molecule has 1 fully saturated rings. The zero-order valence-corrected chi connectivity index (χ0v) is 11.5. The summed E-state index contributed by atoms with van der Waals surface area (Å²) in [5.41, 5.74) is 6.43. The number of carbonyl (C=O) groups excluding carboxylic acids is 1. The molecule has 18 heavy (non-hydrogen) atoms. The average molecular weight is 269 g/mol. The Morgan fingerprint density at radius 1 is 1.72 bits per heavy atom. The number of nitrogens with two attached hydrogens (primary N) is 1. The fourth-order valence-electron chi connectivity index (χ4n) is 2.00. The van der Waals surface area contributed by atoms with Gasteiger partial charge in [-0.1, -0.05) is 6.92 Å². The second-order valence-corrected chi connectivity index (χ2v) is 5.33. The standard InChI is InChI=1S/C12H19N3O2S/c1-3-8-7-15(4-5-17-8)10-6-9(13)11(18-10)12(16)14-2/h6,8H,3-5,7,13H2,1-2H3,(H,14,16). The van der Waals surface area contributed by atoms with Gasteiger partial charge in [0.1, 0.15) is 4.88 Å². The fraction of sp³-hybridized carbons (Fsp3) is 0.583. The molecule has 0 radical (unpaired) electrons. The Bertz CT molecular complexity index is 433. The zero-order valence-electron chi connectivity index (χ0n) is 10.7. The number of carbonyl (C=O) groups is 1. The normalized spacial score (nSPS) is 19.9. The molecule has 100 valence electrons. The fourth-order valence-corrected chi connectivity index (χ4v) is 3.07. The minimum absolute atomic E-state index is 0.121. The third-order valence-electron chi connectivity index (χ3n) is 3.09. The molecule has 2 heterocycles. The van der Waals surface area contributed by atoms with Crippen LogP contribution in [0.4, 0.5) is 10.7 Å². The first-order valence-electron chi connectivity index (χ1n) is 6.13. The lowest BCUT2D eigenvalue weighted by Gasteiger charge is -2.33. The zero-order chi connectivity index (χ0) is 13.1. The van der Waals surface area contributed by atoms with Crippen LogP contribution >= 0.6 is 11.3 Å². The monoisotopic (exact) mass is 269 g/mol. The smallest absolute Gasteiger partial charge is 0.263 e. The Balaban J connectivity index is 2.16. The van der Waals surface area contributed by atoms with Crippen molar-refractivity contribution in [3.63, 3.8) is 0 Å². The van der Waals surface area contributed by atoms with Crippen LogP contribution in [0.15, 0.2) is 6.07 Å². The second kappa shape index (κ2) is 5.58. The summed E-state index contributed by atoms with van der Waals surface area (Å²) < 4.78 is 5.64. The molecule has 0 aliphatic carbocycles. The van der Waals surface area contributed by atoms with Crippen LogP contribution in [-0.2, 0) is 4.74 Å². The Hall–Kier alpha value is -1.27. The number of nitrogen functional groups attached to an aromatic ring is 1. The largest absolute Gasteiger partial charge is 0.397 e. The number of hydrogen-bond acceptors (Lipinski definition) is 5. The summed E-state index contributed by atoms with van der Waals surface area (Å²) in [4.78, 5) is 14.5. The van der Waals surface area contributed by atoms with Crippen LogP contribution in [0.1, 0.15) is 23.0 Å². The van der Waals surface area contributed by atoms with Gasteiger partial charge in [0, 0.05) is 20.1 Å². The van der Waals surface area contributed by atoms with Crippen molar-refractivity contribution in [3.05, 3.63) is 10.9 Å². The number of hydrogen-bond donors (Lipinski definition) is 2. The van der Waals surface area contributed by atoms with Gasteiger partial charge >= 0.3 is 0 Å². The maximum Gasteiger partial charge on any atom is 0.263 e. The maximum atomic E-state index is 11.6. The van der Waals surface area contributed by atoms with Gasteiger partial charge in [-0.3, -0.25) is 4.79 Å². The molecular weight excluding hydrogens is 250 g/mol. The number of nitrogens with one attached hydrogen (secondary N) is 1. The summed E-state index contributed by atoms with van der Waals surface area (Å²) in [5, 5.41) is 3.66. The van der Waals surface area contributed by atoms with Crippen molar-refractivity contribution < 1.29 is 9.53 Å². The lowest BCUT2D eigenvalue weighted by Crippen LogP contribution is -2.41. The molecule has 6 heteroatoms. The third kappa shape index (κ3) is 2.59. The third-order valence-corrected chi connectivity index (χ3v) is 4.30. The van der Waals surface area contributed by atoms with E-state index < -0.39 is 0 Å². The van der Waals surface area contributed by atoms with E-state index in [-0.39, 0.29) is 12.0 Å². The minimum atomic E-state index is -0.121. The quantitative estimate of drug-likeness (QED) is 0.868. The number of nitrogens with zero attached hydrogens (tertiary/aromatic N) is 1. The molecule has 0 saturated carbocycles. The van der Waals surface area contributed by atoms with E-state index in [0.717, 1.165) is 31.1 Å². The van der Waals surface area contributed by atoms with E-state index in [1.165, 1.54) is 11.3 Å². The lowest BCUT2D eigenvalue weighted by molar-refractivity contribution is 0.0386. The summed E-state index contributed by atoms with van der Waals surface area (Å²) in [7, 11) is 1.61. The van der Waals surface area contributed by atoms with Crippen LogP contribution in [0, 0.1) is 0 Å². The van der Waals surface area contributed by atoms with Crippen molar-refractivity contribution in [1.29, 1.82) is 0 Å². The summed E-state index contributed by atoms with van der Waals surface area (Å²) in [6.45, 7) is 4.56. The van der Waals surface area contributed by atoms with E-state index in [1.807, 2.05) is 6.07 Å². The number of morpholine rings is 1. The van der Waals surface area contributed by atoms with E-state index in [2.05, 4.69) is 17.1 Å². The molecule has 3 N–H and O–H groups in total. The van der Waals surface area contributed by atoms with Crippen molar-refractivity contribution in [2.75, 3.05) is 37.4 Å². The Labute approximate surface area is 111 Å². The van der Waals surface area contributed by atoms with Crippen molar-refractivity contribution in [2.45, 2.75) is 19.4 Å². The van der Waals surface area contributed by atoms with Crippen molar-refractivity contribution >= 4 is 27.9 Å². The molecule has 5 nitrogen and oxygen atoms in total. The molecule has 0 bridgehead atoms. The van der Waals surface area contributed by atoms with Crippen molar-refractivity contribution in [2.24, 2.45) is 0 Å². The summed E-state index contributed by atoms with van der Waals surface area (Å²) >= 11 is 1.44. The molecule has 0 aromatic carbocycles. The van der Waals surface area contributed by atoms with Crippen LogP contribution in [0.3, 0.4) is 0 Å². The first-order chi connectivity index (χ1) is 8.65. The van der Waals surface area contributed by atoms with Gasteiger partial charge in [0.25, 0.3) is 5.91 Å². The molecule has 1 atom stereocenters. The Kier molecular flexibility index (Phi) is 4.08. The van der Waals surface area contributed by atoms with E-state index in [0.29, 0.717) is 10.6 Å². The summed E-state index contributed by atoms with van der Waals surface area (Å²) in [5.74, 6) is -0.121. The molecule has 1 aliphatic heterocycles. The first kappa shape index (κ1) is 13.2. The number of amides is 1. The average Bonchev–Trinajstić information content (AvgIpc) is 2.80. The van der Waals surface area contributed by atoms with Gasteiger partial charge in [-0.25, -0.2) is 0 Å². The van der Waals surface area contributed by atoms with Crippen molar-refractivity contribution in [1.82, 2.24) is 5.32 Å². The number of ether oxygens (including phenoxy) is 1. The Morgan fingerprint density at radius 3 is 3.17 bits per heavy atom. The molecule has 1 amide bonds. The van der Waals surface area contributed by atoms with E-state index in [9.17, 15) is 4.79 Å². The summed E-state index contributed by atoms with van der Waals surface area (Å²) in [6.07, 6.45) is 1.27. The number of thiophene rings is 1. The van der Waals surface area contributed by atoms with Crippen LogP contribution in [0.5, 0.6) is 0 Å². The number of anilines is 2. The predicted octanol–water partition coefficient (Wildman–Crippen LogP) is 1.31. The minimum Gasteiger partial charge on any atom is -0.397 e. The van der Waals surface area contributed by atoms with Crippen LogP contribution in [0.2, 0.25) is 0 Å². The highest BCUT2D eigenvalue weighted by Gasteiger charge is 2.22. The molecule has 1 unspecified atom stereocenters. The molecular formula is C12H19N3O2S. The second-order valence-electron chi connectivity index (χ2n) is 4.30. The van der Waals surface area contributed by atoms with Gasteiger partial charge in [-0.05, 0) is 12.5 Å². The summed E-state index contributed by atoms with van der Waals surface area (Å²) in [6, 6.07) is 1.88. The van der Waals surface area contributed by atoms with Crippen LogP contribution < -0.4 is 16.0 Å². The number of rotatable bonds is 3. The van der Waals surface area contributed by atoms with E-state index in [1.54, 1.807) is 7.05 Å². The van der Waals surface area contributed by atoms with E-state index in [4.69, 9.17) is 10.5 Å². The first-order valence-corrected chi connectivity index (χ1v) is 6.95. The molecule has 1 aromatic heterocycles. The molecule has 0 spiro atoms. The van der Waals surface area contributed by atoms with Gasteiger partial charge in [0.05, 0.1) is 23.4 Å². The van der Waals surface area contributed by atoms with E-state index >= 15 is 0 Å². The Morgan fingerprint density at radius 2 is 2.50 bits per heavy atom. The molecule has 1 aromatic rings. The SMILES string of the molecule is CCC1CN(c2cc(N)c(C(=O)NC)s2)CCO1. The van der Waals surface area contributed by atoms with Crippen molar-refractivity contribution in [3.8, 4) is 0 Å². The van der Waals surface area contributed by atoms with Gasteiger partial charge in [-0.2, -0.15) is 0 Å². The van der Waals surface area contributed by atoms with Gasteiger partial charge < -0.3 is 20.7 Å². The maximum absolute atomic E-state index is 11.6. The molecule has 2 rings (SSSR count). The highest BCUT2D eigenvalue weighted by atomic mass is 32.1. The molecule has 1 aliphatic rings. The van der Waals surface area contributed by atoms with Crippen LogP contribution in [-0.4, -0.2) is 38.8 Å².